The first kappa shape index (κ1) is 15.6. The van der Waals surface area contributed by atoms with Crippen LogP contribution in [0, 0.1) is 6.92 Å². The summed E-state index contributed by atoms with van der Waals surface area (Å²) in [7, 11) is 1.63. The molecule has 0 unspecified atom stereocenters. The Morgan fingerprint density at radius 1 is 1.13 bits per heavy atom. The summed E-state index contributed by atoms with van der Waals surface area (Å²) in [5, 5.41) is 0. The van der Waals surface area contributed by atoms with E-state index in [1.165, 1.54) is 0 Å². The van der Waals surface area contributed by atoms with Crippen molar-refractivity contribution in [3.63, 3.8) is 0 Å². The topological polar surface area (TPSA) is 35.5 Å². The van der Waals surface area contributed by atoms with Crippen molar-refractivity contribution >= 4 is 33.7 Å². The third kappa shape index (κ3) is 3.37. The van der Waals surface area contributed by atoms with Gasteiger partial charge in [-0.1, -0.05) is 34.1 Å². The molecule has 1 aliphatic heterocycles. The maximum atomic E-state index is 12.1. The highest BCUT2D eigenvalue weighted by molar-refractivity contribution is 9.10. The molecule has 0 atom stereocenters. The van der Waals surface area contributed by atoms with E-state index in [-0.39, 0.29) is 5.97 Å². The van der Waals surface area contributed by atoms with E-state index in [9.17, 15) is 4.79 Å². The summed E-state index contributed by atoms with van der Waals surface area (Å²) in [6.45, 7) is 1.98. The van der Waals surface area contributed by atoms with Crippen LogP contribution in [0.25, 0.3) is 11.8 Å². The van der Waals surface area contributed by atoms with Crippen molar-refractivity contribution in [2.75, 3.05) is 7.11 Å². The molecule has 2 aromatic rings. The van der Waals surface area contributed by atoms with E-state index >= 15 is 0 Å². The lowest BCUT2D eigenvalue weighted by Gasteiger charge is -2.04. The highest BCUT2D eigenvalue weighted by atomic mass is 79.9. The number of cyclic esters (lactones) is 1. The van der Waals surface area contributed by atoms with Crippen molar-refractivity contribution in [1.29, 1.82) is 0 Å². The number of rotatable bonds is 3. The van der Waals surface area contributed by atoms with Gasteiger partial charge in [-0.3, -0.25) is 0 Å². The lowest BCUT2D eigenvalue weighted by Crippen LogP contribution is -1.97. The lowest BCUT2D eigenvalue weighted by molar-refractivity contribution is -0.130. The summed E-state index contributed by atoms with van der Waals surface area (Å²) in [5.74, 6) is 1.03. The van der Waals surface area contributed by atoms with E-state index < -0.39 is 0 Å². The van der Waals surface area contributed by atoms with E-state index in [1.807, 2.05) is 55.5 Å². The van der Waals surface area contributed by atoms with Crippen molar-refractivity contribution < 1.29 is 14.3 Å². The predicted octanol–water partition coefficient (Wildman–Crippen LogP) is 4.75. The van der Waals surface area contributed by atoms with Crippen LogP contribution in [0.15, 0.2) is 58.6 Å². The fourth-order valence-corrected chi connectivity index (χ4v) is 2.61. The number of esters is 1. The second-order valence-corrected chi connectivity index (χ2v) is 6.14. The Bertz CT molecular complexity index is 817. The van der Waals surface area contributed by atoms with Gasteiger partial charge < -0.3 is 9.47 Å². The van der Waals surface area contributed by atoms with Gasteiger partial charge in [0.15, 0.2) is 0 Å². The zero-order valence-electron chi connectivity index (χ0n) is 12.8. The molecule has 4 heteroatoms. The van der Waals surface area contributed by atoms with Crippen LogP contribution in [-0.4, -0.2) is 13.1 Å². The summed E-state index contributed by atoms with van der Waals surface area (Å²) >= 11 is 3.39. The molecule has 2 aromatic carbocycles. The van der Waals surface area contributed by atoms with Gasteiger partial charge in [0.1, 0.15) is 11.5 Å². The van der Waals surface area contributed by atoms with Crippen molar-refractivity contribution in [3.05, 3.63) is 75.3 Å². The lowest BCUT2D eigenvalue weighted by atomic mass is 10.0. The van der Waals surface area contributed by atoms with Crippen LogP contribution in [0.5, 0.6) is 5.75 Å². The average Bonchev–Trinajstić information content (AvgIpc) is 2.91. The zero-order chi connectivity index (χ0) is 16.4. The molecule has 0 saturated carbocycles. The Hall–Kier alpha value is -2.33. The molecule has 23 heavy (non-hydrogen) atoms. The van der Waals surface area contributed by atoms with Crippen LogP contribution >= 0.6 is 15.9 Å². The van der Waals surface area contributed by atoms with Crippen molar-refractivity contribution in [2.24, 2.45) is 0 Å². The number of carbonyl (C=O) groups excluding carboxylic acids is 1. The second-order valence-electron chi connectivity index (χ2n) is 5.23. The minimum absolute atomic E-state index is 0.335. The van der Waals surface area contributed by atoms with Crippen LogP contribution < -0.4 is 4.74 Å². The maximum Gasteiger partial charge on any atom is 0.343 e. The molecule has 0 bridgehead atoms. The summed E-state index contributed by atoms with van der Waals surface area (Å²) in [4.78, 5) is 12.1. The van der Waals surface area contributed by atoms with Gasteiger partial charge in [0.25, 0.3) is 0 Å². The number of hydrogen-bond donors (Lipinski definition) is 0. The number of hydrogen-bond acceptors (Lipinski definition) is 3. The van der Waals surface area contributed by atoms with Crippen LogP contribution in [-0.2, 0) is 9.53 Å². The quantitative estimate of drug-likeness (QED) is 0.577. The average molecular weight is 371 g/mol. The molecule has 0 amide bonds. The van der Waals surface area contributed by atoms with Gasteiger partial charge in [-0.2, -0.15) is 0 Å². The molecular formula is C19H15BrO3. The molecule has 0 aliphatic carbocycles. The van der Waals surface area contributed by atoms with Crippen LogP contribution in [0.3, 0.4) is 0 Å². The first-order chi connectivity index (χ1) is 11.1. The number of carbonyl (C=O) groups is 1. The molecular weight excluding hydrogens is 356 g/mol. The molecule has 0 N–H and O–H groups in total. The van der Waals surface area contributed by atoms with E-state index in [0.717, 1.165) is 26.9 Å². The number of benzene rings is 2. The van der Waals surface area contributed by atoms with E-state index in [2.05, 4.69) is 15.9 Å². The third-order valence-corrected chi connectivity index (χ3v) is 4.17. The van der Waals surface area contributed by atoms with Crippen LogP contribution in [0.1, 0.15) is 16.7 Å². The first-order valence-corrected chi connectivity index (χ1v) is 7.92. The van der Waals surface area contributed by atoms with Gasteiger partial charge in [-0.15, -0.1) is 0 Å². The Balaban J connectivity index is 1.93. The second kappa shape index (κ2) is 6.42. The van der Waals surface area contributed by atoms with Gasteiger partial charge >= 0.3 is 5.97 Å². The van der Waals surface area contributed by atoms with Gasteiger partial charge in [-0.25, -0.2) is 4.79 Å². The van der Waals surface area contributed by atoms with Gasteiger partial charge in [0.2, 0.25) is 0 Å². The van der Waals surface area contributed by atoms with Gasteiger partial charge in [0, 0.05) is 10.0 Å². The first-order valence-electron chi connectivity index (χ1n) is 7.13. The Labute approximate surface area is 143 Å². The van der Waals surface area contributed by atoms with Crippen molar-refractivity contribution in [2.45, 2.75) is 6.92 Å². The summed E-state index contributed by atoms with van der Waals surface area (Å²) < 4.78 is 11.6. The Kier molecular flexibility index (Phi) is 4.35. The molecule has 0 aromatic heterocycles. The van der Waals surface area contributed by atoms with Gasteiger partial charge in [-0.05, 0) is 54.5 Å². The molecule has 1 aliphatic rings. The largest absolute Gasteiger partial charge is 0.497 e. The Morgan fingerprint density at radius 3 is 2.52 bits per heavy atom. The summed E-state index contributed by atoms with van der Waals surface area (Å²) in [5.41, 5.74) is 3.41. The predicted molar refractivity (Wildman–Crippen MR) is 93.9 cm³/mol. The number of ether oxygens (including phenoxy) is 2. The number of halogens is 1. The molecule has 0 spiro atoms. The number of aryl methyl sites for hydroxylation is 1. The molecule has 3 rings (SSSR count). The summed E-state index contributed by atoms with van der Waals surface area (Å²) in [6.07, 6.45) is 3.61. The molecule has 3 nitrogen and oxygen atoms in total. The molecule has 1 heterocycles. The van der Waals surface area contributed by atoms with E-state index in [0.29, 0.717) is 11.3 Å². The normalized spacial score (nSPS) is 15.5. The minimum Gasteiger partial charge on any atom is -0.497 e. The third-order valence-electron chi connectivity index (χ3n) is 3.64. The van der Waals surface area contributed by atoms with Crippen molar-refractivity contribution in [1.82, 2.24) is 0 Å². The van der Waals surface area contributed by atoms with E-state index in [4.69, 9.17) is 9.47 Å². The Morgan fingerprint density at radius 2 is 1.87 bits per heavy atom. The standard InChI is InChI=1S/C19H15BrO3/c1-12-9-17(22-2)8-5-14(12)10-15-11-18(23-19(15)21)13-3-6-16(20)7-4-13/h3-11H,1-2H3/b15-10+. The molecule has 116 valence electrons. The fourth-order valence-electron chi connectivity index (χ4n) is 2.35. The monoisotopic (exact) mass is 370 g/mol. The highest BCUT2D eigenvalue weighted by Crippen LogP contribution is 2.29. The van der Waals surface area contributed by atoms with Crippen molar-refractivity contribution in [3.8, 4) is 5.75 Å². The molecule has 0 fully saturated rings. The van der Waals surface area contributed by atoms with E-state index in [1.54, 1.807) is 13.2 Å². The molecule has 0 radical (unpaired) electrons. The fraction of sp³-hybridized carbons (Fsp3) is 0.105. The number of methoxy groups -OCH3 is 1. The summed E-state index contributed by atoms with van der Waals surface area (Å²) in [6, 6.07) is 13.4. The molecule has 0 saturated heterocycles. The maximum absolute atomic E-state index is 12.1. The van der Waals surface area contributed by atoms with Crippen LogP contribution in [0.2, 0.25) is 0 Å². The van der Waals surface area contributed by atoms with Crippen LogP contribution in [0.4, 0.5) is 0 Å². The smallest absolute Gasteiger partial charge is 0.343 e. The SMILES string of the molecule is COc1ccc(/C=C2\C=C(c3ccc(Br)cc3)OC2=O)c(C)c1. The zero-order valence-corrected chi connectivity index (χ0v) is 14.4. The van der Waals surface area contributed by atoms with Gasteiger partial charge in [0.05, 0.1) is 12.7 Å². The minimum atomic E-state index is -0.335. The highest BCUT2D eigenvalue weighted by Gasteiger charge is 2.22.